The lowest BCUT2D eigenvalue weighted by molar-refractivity contribution is -0.116. The molecule has 7 nitrogen and oxygen atoms in total. The van der Waals surface area contributed by atoms with Crippen LogP contribution in [0.3, 0.4) is 0 Å². The Labute approximate surface area is 158 Å². The quantitative estimate of drug-likeness (QED) is 0.813. The molecule has 27 heavy (non-hydrogen) atoms. The molecule has 3 rings (SSSR count). The Bertz CT molecular complexity index is 839. The molecule has 0 atom stereocenters. The monoisotopic (exact) mass is 371 g/mol. The number of hydrogen-bond donors (Lipinski definition) is 2. The highest BCUT2D eigenvalue weighted by Gasteiger charge is 2.11. The molecule has 0 radical (unpaired) electrons. The molecule has 2 heterocycles. The Morgan fingerprint density at radius 3 is 2.56 bits per heavy atom. The number of benzene rings is 1. The van der Waals surface area contributed by atoms with E-state index in [1.807, 2.05) is 24.3 Å². The van der Waals surface area contributed by atoms with Gasteiger partial charge >= 0.3 is 0 Å². The van der Waals surface area contributed by atoms with Crippen molar-refractivity contribution in [1.82, 2.24) is 4.57 Å². The van der Waals surface area contributed by atoms with E-state index in [-0.39, 0.29) is 17.2 Å². The second kappa shape index (κ2) is 8.73. The van der Waals surface area contributed by atoms with E-state index in [9.17, 15) is 14.7 Å². The van der Waals surface area contributed by atoms with Gasteiger partial charge in [-0.05, 0) is 43.7 Å². The van der Waals surface area contributed by atoms with Crippen molar-refractivity contribution in [3.8, 4) is 5.75 Å². The van der Waals surface area contributed by atoms with Crippen LogP contribution in [0.4, 0.5) is 11.4 Å². The molecule has 1 amide bonds. The van der Waals surface area contributed by atoms with E-state index < -0.39 is 0 Å². The van der Waals surface area contributed by atoms with Crippen LogP contribution in [0.15, 0.2) is 41.2 Å². The van der Waals surface area contributed by atoms with Gasteiger partial charge in [0.1, 0.15) is 5.75 Å². The second-order valence-electron chi connectivity index (χ2n) is 6.64. The van der Waals surface area contributed by atoms with Gasteiger partial charge in [0.2, 0.25) is 5.91 Å². The Morgan fingerprint density at radius 1 is 1.19 bits per heavy atom. The SMILES string of the molecule is Cc1cc(O)cc(=O)n1CCCC(=O)Nc1ccc(N2CCOCC2)cc1. The number of anilines is 2. The zero-order valence-corrected chi connectivity index (χ0v) is 15.5. The lowest BCUT2D eigenvalue weighted by Crippen LogP contribution is -2.36. The molecule has 7 heteroatoms. The van der Waals surface area contributed by atoms with E-state index in [2.05, 4.69) is 10.2 Å². The Kier molecular flexibility index (Phi) is 6.13. The first-order valence-corrected chi connectivity index (χ1v) is 9.16. The number of rotatable bonds is 6. The number of pyridine rings is 1. The zero-order chi connectivity index (χ0) is 19.2. The molecule has 1 aliphatic rings. The van der Waals surface area contributed by atoms with E-state index in [1.165, 1.54) is 12.1 Å². The maximum atomic E-state index is 12.1. The molecule has 2 N–H and O–H groups in total. The molecule has 1 fully saturated rings. The van der Waals surface area contributed by atoms with Crippen molar-refractivity contribution in [2.45, 2.75) is 26.3 Å². The van der Waals surface area contributed by atoms with Crippen LogP contribution < -0.4 is 15.8 Å². The summed E-state index contributed by atoms with van der Waals surface area (Å²) in [6.07, 6.45) is 0.862. The molecule has 1 saturated heterocycles. The number of hydrogen-bond acceptors (Lipinski definition) is 5. The molecule has 0 aliphatic carbocycles. The number of aromatic nitrogens is 1. The first-order valence-electron chi connectivity index (χ1n) is 9.16. The number of ether oxygens (including phenoxy) is 1. The fraction of sp³-hybridized carbons (Fsp3) is 0.400. The molecule has 1 aliphatic heterocycles. The standard InChI is InChI=1S/C20H25N3O4/c1-15-13-18(24)14-20(26)23(15)8-2-3-19(25)21-16-4-6-17(7-5-16)22-9-11-27-12-10-22/h4-7,13-14,24H,2-3,8-12H2,1H3,(H,21,25). The van der Waals surface area contributed by atoms with E-state index >= 15 is 0 Å². The topological polar surface area (TPSA) is 83.8 Å². The van der Waals surface area contributed by atoms with Crippen LogP contribution in [0.1, 0.15) is 18.5 Å². The van der Waals surface area contributed by atoms with Crippen LogP contribution in [-0.4, -0.2) is 41.9 Å². The van der Waals surface area contributed by atoms with E-state index in [1.54, 1.807) is 11.5 Å². The van der Waals surface area contributed by atoms with Gasteiger partial charge in [-0.25, -0.2) is 0 Å². The van der Waals surface area contributed by atoms with Crippen molar-refractivity contribution in [3.63, 3.8) is 0 Å². The smallest absolute Gasteiger partial charge is 0.254 e. The molecule has 1 aromatic heterocycles. The largest absolute Gasteiger partial charge is 0.508 e. The van der Waals surface area contributed by atoms with Crippen LogP contribution in [0, 0.1) is 6.92 Å². The number of morpholine rings is 1. The van der Waals surface area contributed by atoms with Gasteiger partial charge in [0.05, 0.1) is 13.2 Å². The molecule has 0 bridgehead atoms. The van der Waals surface area contributed by atoms with E-state index in [0.717, 1.165) is 37.7 Å². The molecule has 1 aromatic carbocycles. The summed E-state index contributed by atoms with van der Waals surface area (Å²) in [6, 6.07) is 10.5. The first kappa shape index (κ1) is 19.0. The van der Waals surface area contributed by atoms with Gasteiger partial charge in [0.25, 0.3) is 5.56 Å². The van der Waals surface area contributed by atoms with Gasteiger partial charge in [-0.15, -0.1) is 0 Å². The van der Waals surface area contributed by atoms with Gasteiger partial charge in [0.15, 0.2) is 0 Å². The van der Waals surface area contributed by atoms with Crippen LogP contribution in [0.25, 0.3) is 0 Å². The van der Waals surface area contributed by atoms with E-state index in [0.29, 0.717) is 25.1 Å². The fourth-order valence-corrected chi connectivity index (χ4v) is 3.20. The maximum Gasteiger partial charge on any atom is 0.254 e. The van der Waals surface area contributed by atoms with Crippen molar-refractivity contribution in [2.24, 2.45) is 0 Å². The minimum absolute atomic E-state index is 0.0352. The normalized spacial score (nSPS) is 14.2. The van der Waals surface area contributed by atoms with Gasteiger partial charge in [-0.1, -0.05) is 0 Å². The number of carbonyl (C=O) groups excluding carboxylic acids is 1. The van der Waals surface area contributed by atoms with Crippen molar-refractivity contribution in [2.75, 3.05) is 36.5 Å². The Balaban J connectivity index is 1.49. The molecule has 2 aromatic rings. The van der Waals surface area contributed by atoms with Gasteiger partial charge < -0.3 is 24.6 Å². The number of amides is 1. The highest BCUT2D eigenvalue weighted by atomic mass is 16.5. The Hall–Kier alpha value is -2.80. The lowest BCUT2D eigenvalue weighted by atomic mass is 10.2. The summed E-state index contributed by atoms with van der Waals surface area (Å²) in [5.41, 5.74) is 2.30. The average Bonchev–Trinajstić information content (AvgIpc) is 2.65. The summed E-state index contributed by atoms with van der Waals surface area (Å²) in [6.45, 7) is 5.43. The average molecular weight is 371 g/mol. The van der Waals surface area contributed by atoms with Gasteiger partial charge in [0, 0.05) is 49.2 Å². The third-order valence-corrected chi connectivity index (χ3v) is 4.63. The number of carbonyl (C=O) groups is 1. The molecular weight excluding hydrogens is 346 g/mol. The summed E-state index contributed by atoms with van der Waals surface area (Å²) in [5.74, 6) is -0.120. The lowest BCUT2D eigenvalue weighted by Gasteiger charge is -2.28. The summed E-state index contributed by atoms with van der Waals surface area (Å²) in [7, 11) is 0. The molecule has 0 spiro atoms. The van der Waals surface area contributed by atoms with Crippen LogP contribution in [0.5, 0.6) is 5.75 Å². The van der Waals surface area contributed by atoms with Crippen molar-refractivity contribution < 1.29 is 14.6 Å². The van der Waals surface area contributed by atoms with Crippen LogP contribution >= 0.6 is 0 Å². The Morgan fingerprint density at radius 2 is 1.89 bits per heavy atom. The van der Waals surface area contributed by atoms with Crippen molar-refractivity contribution in [1.29, 1.82) is 0 Å². The minimum Gasteiger partial charge on any atom is -0.508 e. The summed E-state index contributed by atoms with van der Waals surface area (Å²) >= 11 is 0. The van der Waals surface area contributed by atoms with Crippen molar-refractivity contribution in [3.05, 3.63) is 52.4 Å². The zero-order valence-electron chi connectivity index (χ0n) is 15.5. The highest BCUT2D eigenvalue weighted by Crippen LogP contribution is 2.19. The van der Waals surface area contributed by atoms with Gasteiger partial charge in [-0.2, -0.15) is 0 Å². The molecular formula is C20H25N3O4. The maximum absolute atomic E-state index is 12.1. The molecule has 144 valence electrons. The third-order valence-electron chi connectivity index (χ3n) is 4.63. The van der Waals surface area contributed by atoms with Crippen molar-refractivity contribution >= 4 is 17.3 Å². The second-order valence-corrected chi connectivity index (χ2v) is 6.64. The number of nitrogens with zero attached hydrogens (tertiary/aromatic N) is 2. The first-order chi connectivity index (χ1) is 13.0. The number of nitrogens with one attached hydrogen (secondary N) is 1. The fourth-order valence-electron chi connectivity index (χ4n) is 3.20. The summed E-state index contributed by atoms with van der Waals surface area (Å²) in [4.78, 5) is 26.3. The summed E-state index contributed by atoms with van der Waals surface area (Å²) < 4.78 is 6.91. The van der Waals surface area contributed by atoms with Crippen LogP contribution in [0.2, 0.25) is 0 Å². The predicted octanol–water partition coefficient (Wildman–Crippen LogP) is 2.12. The van der Waals surface area contributed by atoms with Gasteiger partial charge in [-0.3, -0.25) is 9.59 Å². The number of aryl methyl sites for hydroxylation is 1. The third kappa shape index (κ3) is 5.10. The predicted molar refractivity (Wildman–Crippen MR) is 104 cm³/mol. The highest BCUT2D eigenvalue weighted by molar-refractivity contribution is 5.90. The minimum atomic E-state index is -0.258. The van der Waals surface area contributed by atoms with E-state index in [4.69, 9.17) is 4.74 Å². The molecule has 0 saturated carbocycles. The number of aromatic hydroxyl groups is 1. The molecule has 0 unspecified atom stereocenters. The summed E-state index contributed by atoms with van der Waals surface area (Å²) in [5, 5.41) is 12.3. The van der Waals surface area contributed by atoms with Crippen LogP contribution in [-0.2, 0) is 16.1 Å².